The Morgan fingerprint density at radius 2 is 1.63 bits per heavy atom. The molecule has 0 fully saturated rings. The SMILES string of the molecule is CCc1ccc(C2c3c(oc4ccccc4c3=O)C(=O)N2c2ccc(Br)cc2)cc1. The maximum absolute atomic E-state index is 13.5. The van der Waals surface area contributed by atoms with E-state index in [1.165, 1.54) is 5.56 Å². The van der Waals surface area contributed by atoms with Gasteiger partial charge in [-0.1, -0.05) is 59.3 Å². The molecule has 0 saturated heterocycles. The molecule has 0 radical (unpaired) electrons. The van der Waals surface area contributed by atoms with Crippen molar-refractivity contribution in [2.24, 2.45) is 0 Å². The Morgan fingerprint density at radius 3 is 2.33 bits per heavy atom. The average molecular weight is 460 g/mol. The molecule has 1 unspecified atom stereocenters. The Balaban J connectivity index is 1.78. The van der Waals surface area contributed by atoms with Crippen molar-refractivity contribution < 1.29 is 9.21 Å². The minimum atomic E-state index is -0.541. The molecular formula is C25H18BrNO3. The van der Waals surface area contributed by atoms with Crippen LogP contribution in [0.25, 0.3) is 11.0 Å². The molecule has 0 saturated carbocycles. The molecule has 0 N–H and O–H groups in total. The summed E-state index contributed by atoms with van der Waals surface area (Å²) >= 11 is 3.44. The van der Waals surface area contributed by atoms with Crippen LogP contribution in [0.3, 0.4) is 0 Å². The average Bonchev–Trinajstić information content (AvgIpc) is 3.07. The van der Waals surface area contributed by atoms with Gasteiger partial charge >= 0.3 is 0 Å². The zero-order valence-corrected chi connectivity index (χ0v) is 17.8. The molecule has 30 heavy (non-hydrogen) atoms. The fraction of sp³-hybridized carbons (Fsp3) is 0.120. The van der Waals surface area contributed by atoms with Gasteiger partial charge in [-0.25, -0.2) is 0 Å². The zero-order valence-electron chi connectivity index (χ0n) is 16.3. The van der Waals surface area contributed by atoms with Crippen molar-refractivity contribution in [3.63, 3.8) is 0 Å². The number of carbonyl (C=O) groups excluding carboxylic acids is 1. The predicted molar refractivity (Wildman–Crippen MR) is 121 cm³/mol. The van der Waals surface area contributed by atoms with Crippen molar-refractivity contribution in [2.45, 2.75) is 19.4 Å². The Labute approximate surface area is 181 Å². The molecule has 0 spiro atoms. The van der Waals surface area contributed by atoms with E-state index in [1.807, 2.05) is 48.5 Å². The summed E-state index contributed by atoms with van der Waals surface area (Å²) in [7, 11) is 0. The monoisotopic (exact) mass is 459 g/mol. The molecule has 148 valence electrons. The number of nitrogens with zero attached hydrogens (tertiary/aromatic N) is 1. The van der Waals surface area contributed by atoms with Gasteiger partial charge < -0.3 is 4.42 Å². The van der Waals surface area contributed by atoms with Gasteiger partial charge in [-0.2, -0.15) is 0 Å². The summed E-state index contributed by atoms with van der Waals surface area (Å²) in [4.78, 5) is 28.6. The molecule has 0 bridgehead atoms. The first kappa shape index (κ1) is 18.8. The predicted octanol–water partition coefficient (Wildman–Crippen LogP) is 5.87. The Morgan fingerprint density at radius 1 is 0.933 bits per heavy atom. The highest BCUT2D eigenvalue weighted by Gasteiger charge is 2.43. The first-order valence-corrected chi connectivity index (χ1v) is 10.6. The van der Waals surface area contributed by atoms with E-state index in [0.29, 0.717) is 22.2 Å². The van der Waals surface area contributed by atoms with Crippen molar-refractivity contribution in [3.05, 3.63) is 110 Å². The maximum atomic E-state index is 13.5. The van der Waals surface area contributed by atoms with E-state index in [2.05, 4.69) is 22.9 Å². The number of rotatable bonds is 3. The van der Waals surface area contributed by atoms with Crippen LogP contribution < -0.4 is 10.3 Å². The fourth-order valence-corrected chi connectivity index (χ4v) is 4.30. The van der Waals surface area contributed by atoms with Gasteiger partial charge in [0.1, 0.15) is 5.58 Å². The number of aryl methyl sites for hydroxylation is 1. The van der Waals surface area contributed by atoms with Gasteiger partial charge in [-0.3, -0.25) is 14.5 Å². The third-order valence-electron chi connectivity index (χ3n) is 5.59. The molecule has 5 heteroatoms. The van der Waals surface area contributed by atoms with Crippen LogP contribution in [0.2, 0.25) is 0 Å². The van der Waals surface area contributed by atoms with Gasteiger partial charge in [-0.05, 0) is 53.9 Å². The summed E-state index contributed by atoms with van der Waals surface area (Å²) in [5.41, 5.74) is 3.44. The summed E-state index contributed by atoms with van der Waals surface area (Å²) in [6.07, 6.45) is 0.920. The van der Waals surface area contributed by atoms with E-state index in [0.717, 1.165) is 16.5 Å². The normalized spacial score (nSPS) is 15.6. The molecule has 1 atom stereocenters. The first-order valence-electron chi connectivity index (χ1n) is 9.82. The van der Waals surface area contributed by atoms with E-state index >= 15 is 0 Å². The summed E-state index contributed by atoms with van der Waals surface area (Å²) in [6, 6.07) is 22.1. The zero-order chi connectivity index (χ0) is 20.8. The van der Waals surface area contributed by atoms with Crippen LogP contribution in [0.15, 0.2) is 86.5 Å². The van der Waals surface area contributed by atoms with Crippen LogP contribution in [-0.2, 0) is 6.42 Å². The number of hydrogen-bond acceptors (Lipinski definition) is 3. The Hall–Kier alpha value is -3.18. The summed E-state index contributed by atoms with van der Waals surface area (Å²) in [5.74, 6) is -0.189. The lowest BCUT2D eigenvalue weighted by Gasteiger charge is -2.25. The number of carbonyl (C=O) groups is 1. The minimum absolute atomic E-state index is 0.117. The van der Waals surface area contributed by atoms with E-state index in [-0.39, 0.29) is 17.1 Å². The van der Waals surface area contributed by atoms with Crippen LogP contribution in [0.5, 0.6) is 0 Å². The molecule has 4 nitrogen and oxygen atoms in total. The number of amides is 1. The van der Waals surface area contributed by atoms with E-state index in [9.17, 15) is 9.59 Å². The van der Waals surface area contributed by atoms with Crippen LogP contribution >= 0.6 is 15.9 Å². The van der Waals surface area contributed by atoms with Crippen molar-refractivity contribution in [1.82, 2.24) is 0 Å². The fourth-order valence-electron chi connectivity index (χ4n) is 4.04. The number of halogens is 1. The third kappa shape index (κ3) is 2.89. The molecular weight excluding hydrogens is 442 g/mol. The van der Waals surface area contributed by atoms with E-state index in [4.69, 9.17) is 4.42 Å². The highest BCUT2D eigenvalue weighted by Crippen LogP contribution is 2.41. The second-order valence-corrected chi connectivity index (χ2v) is 8.24. The standard InChI is InChI=1S/C25H18BrNO3/c1-2-15-7-9-16(10-8-15)22-21-23(28)19-5-3-4-6-20(19)30-24(21)25(29)27(22)18-13-11-17(26)12-14-18/h3-14,22H,2H2,1H3. The number of benzene rings is 3. The Bertz CT molecular complexity index is 1320. The van der Waals surface area contributed by atoms with Crippen LogP contribution in [-0.4, -0.2) is 5.91 Å². The third-order valence-corrected chi connectivity index (χ3v) is 6.11. The topological polar surface area (TPSA) is 50.5 Å². The molecule has 1 aliphatic heterocycles. The van der Waals surface area contributed by atoms with Crippen molar-refractivity contribution in [2.75, 3.05) is 4.90 Å². The highest BCUT2D eigenvalue weighted by molar-refractivity contribution is 9.10. The molecule has 5 rings (SSSR count). The van der Waals surface area contributed by atoms with Crippen molar-refractivity contribution in [3.8, 4) is 0 Å². The molecule has 4 aromatic rings. The number of para-hydroxylation sites is 1. The number of fused-ring (bicyclic) bond motifs is 2. The van der Waals surface area contributed by atoms with Crippen LogP contribution in [0.1, 0.15) is 40.2 Å². The van der Waals surface area contributed by atoms with Gasteiger partial charge in [-0.15, -0.1) is 0 Å². The lowest BCUT2D eigenvalue weighted by atomic mass is 9.97. The van der Waals surface area contributed by atoms with Gasteiger partial charge in [0.05, 0.1) is 17.0 Å². The second-order valence-electron chi connectivity index (χ2n) is 7.32. The lowest BCUT2D eigenvalue weighted by molar-refractivity contribution is 0.0971. The largest absolute Gasteiger partial charge is 0.450 e. The summed E-state index contributed by atoms with van der Waals surface area (Å²) in [6.45, 7) is 2.10. The van der Waals surface area contributed by atoms with Gasteiger partial charge in [0.15, 0.2) is 5.43 Å². The summed E-state index contributed by atoms with van der Waals surface area (Å²) < 4.78 is 6.88. The molecule has 1 aromatic heterocycles. The lowest BCUT2D eigenvalue weighted by Crippen LogP contribution is -2.29. The second kappa shape index (κ2) is 7.26. The van der Waals surface area contributed by atoms with E-state index < -0.39 is 6.04 Å². The van der Waals surface area contributed by atoms with Crippen LogP contribution in [0.4, 0.5) is 5.69 Å². The number of anilines is 1. The molecule has 1 amide bonds. The molecule has 1 aliphatic rings. The minimum Gasteiger partial charge on any atom is -0.450 e. The van der Waals surface area contributed by atoms with Gasteiger partial charge in [0.2, 0.25) is 5.76 Å². The summed E-state index contributed by atoms with van der Waals surface area (Å²) in [5, 5.41) is 0.483. The van der Waals surface area contributed by atoms with Crippen molar-refractivity contribution >= 4 is 38.5 Å². The smallest absolute Gasteiger partial charge is 0.295 e. The quantitative estimate of drug-likeness (QED) is 0.385. The maximum Gasteiger partial charge on any atom is 0.295 e. The molecule has 0 aliphatic carbocycles. The van der Waals surface area contributed by atoms with Crippen LogP contribution in [0, 0.1) is 0 Å². The first-order chi connectivity index (χ1) is 14.6. The highest BCUT2D eigenvalue weighted by atomic mass is 79.9. The Kier molecular flexibility index (Phi) is 4.55. The van der Waals surface area contributed by atoms with E-state index in [1.54, 1.807) is 29.2 Å². The molecule has 2 heterocycles. The van der Waals surface area contributed by atoms with Gasteiger partial charge in [0.25, 0.3) is 5.91 Å². The van der Waals surface area contributed by atoms with Gasteiger partial charge in [0, 0.05) is 10.2 Å². The molecule has 3 aromatic carbocycles. The number of hydrogen-bond donors (Lipinski definition) is 0. The van der Waals surface area contributed by atoms with Crippen molar-refractivity contribution in [1.29, 1.82) is 0 Å².